The average molecular weight is 475 g/mol. The number of carboxylic acids is 1. The normalized spacial score (nSPS) is 18.6. The lowest BCUT2D eigenvalue weighted by atomic mass is 9.80. The first-order valence-electron chi connectivity index (χ1n) is 11.4. The van der Waals surface area contributed by atoms with Crippen molar-refractivity contribution in [2.45, 2.75) is 52.0 Å². The number of rotatable bonds is 5. The Labute approximate surface area is 201 Å². The molecule has 0 unspecified atom stereocenters. The third-order valence-electron chi connectivity index (χ3n) is 7.48. The predicted octanol–water partition coefficient (Wildman–Crippen LogP) is 6.25. The highest BCUT2D eigenvalue weighted by atomic mass is 35.5. The fourth-order valence-electron chi connectivity index (χ4n) is 5.47. The molecule has 2 aliphatic heterocycles. The van der Waals surface area contributed by atoms with Crippen LogP contribution in [0.25, 0.3) is 0 Å². The summed E-state index contributed by atoms with van der Waals surface area (Å²) in [4.78, 5) is 16.0. The van der Waals surface area contributed by atoms with Gasteiger partial charge in [0.05, 0.1) is 21.7 Å². The number of hydrogen-bond acceptors (Lipinski definition) is 3. The van der Waals surface area contributed by atoms with Crippen LogP contribution >= 0.6 is 23.2 Å². The van der Waals surface area contributed by atoms with Gasteiger partial charge in [0.1, 0.15) is 0 Å². The van der Waals surface area contributed by atoms with Gasteiger partial charge in [-0.3, -0.25) is 9.69 Å². The number of halogens is 2. The molecular formula is C26H32Cl2N2O2. The standard InChI is InChI=1S/C26H32Cl2N2O2/c1-16-12-20(26(3,4)30-10-8-18(9-11-30)25(31)32)13-17(2)23(16)19-14-29(15-19)24-21(27)6-5-7-22(24)28/h5-7,12-13,18-19H,8-11,14-15H2,1-4H3,(H,31,32). The zero-order valence-electron chi connectivity index (χ0n) is 19.3. The van der Waals surface area contributed by atoms with Crippen LogP contribution in [0.15, 0.2) is 30.3 Å². The molecule has 2 aromatic rings. The van der Waals surface area contributed by atoms with Crippen LogP contribution in [0, 0.1) is 19.8 Å². The first-order valence-corrected chi connectivity index (χ1v) is 12.1. The van der Waals surface area contributed by atoms with Crippen LogP contribution in [-0.2, 0) is 10.3 Å². The van der Waals surface area contributed by atoms with E-state index in [2.05, 4.69) is 49.6 Å². The molecule has 2 fully saturated rings. The molecule has 0 aliphatic carbocycles. The molecule has 4 rings (SSSR count). The number of para-hydroxylation sites is 1. The second kappa shape index (κ2) is 8.89. The molecule has 0 spiro atoms. The van der Waals surface area contributed by atoms with E-state index in [4.69, 9.17) is 23.2 Å². The Morgan fingerprint density at radius 3 is 2.06 bits per heavy atom. The number of nitrogens with zero attached hydrogens (tertiary/aromatic N) is 2. The van der Waals surface area contributed by atoms with E-state index in [0.29, 0.717) is 16.0 Å². The summed E-state index contributed by atoms with van der Waals surface area (Å²) in [6, 6.07) is 10.3. The second-order valence-electron chi connectivity index (χ2n) is 9.85. The van der Waals surface area contributed by atoms with Crippen molar-refractivity contribution >= 4 is 34.9 Å². The van der Waals surface area contributed by atoms with Gasteiger partial charge >= 0.3 is 5.97 Å². The van der Waals surface area contributed by atoms with Crippen molar-refractivity contribution in [3.05, 3.63) is 62.6 Å². The van der Waals surface area contributed by atoms with Crippen molar-refractivity contribution < 1.29 is 9.90 Å². The zero-order valence-corrected chi connectivity index (χ0v) is 20.8. The minimum atomic E-state index is -0.661. The van der Waals surface area contributed by atoms with E-state index in [0.717, 1.165) is 44.7 Å². The summed E-state index contributed by atoms with van der Waals surface area (Å²) in [7, 11) is 0. The first-order chi connectivity index (χ1) is 15.1. The van der Waals surface area contributed by atoms with E-state index in [1.807, 2.05) is 18.2 Å². The fraction of sp³-hybridized carbons (Fsp3) is 0.500. The average Bonchev–Trinajstić information content (AvgIpc) is 2.70. The molecule has 2 heterocycles. The Morgan fingerprint density at radius 1 is 1.03 bits per heavy atom. The number of carbonyl (C=O) groups is 1. The Bertz CT molecular complexity index is 979. The van der Waals surface area contributed by atoms with Gasteiger partial charge in [-0.2, -0.15) is 0 Å². The van der Waals surface area contributed by atoms with Crippen LogP contribution < -0.4 is 4.90 Å². The molecule has 0 saturated carbocycles. The molecule has 4 nitrogen and oxygen atoms in total. The summed E-state index contributed by atoms with van der Waals surface area (Å²) >= 11 is 12.8. The summed E-state index contributed by atoms with van der Waals surface area (Å²) < 4.78 is 0. The minimum absolute atomic E-state index is 0.131. The second-order valence-corrected chi connectivity index (χ2v) is 10.7. The van der Waals surface area contributed by atoms with Crippen LogP contribution in [0.3, 0.4) is 0 Å². The topological polar surface area (TPSA) is 43.8 Å². The molecule has 2 aliphatic rings. The number of likely N-dealkylation sites (tertiary alicyclic amines) is 1. The maximum atomic E-state index is 11.3. The monoisotopic (exact) mass is 474 g/mol. The molecular weight excluding hydrogens is 443 g/mol. The summed E-state index contributed by atoms with van der Waals surface area (Å²) in [5.74, 6) is -0.405. The molecule has 1 N–H and O–H groups in total. The Morgan fingerprint density at radius 2 is 1.56 bits per heavy atom. The summed E-state index contributed by atoms with van der Waals surface area (Å²) in [6.45, 7) is 12.4. The van der Waals surface area contributed by atoms with Gasteiger partial charge < -0.3 is 10.0 Å². The molecule has 0 atom stereocenters. The number of aryl methyl sites for hydroxylation is 2. The third-order valence-corrected chi connectivity index (χ3v) is 8.09. The molecule has 2 saturated heterocycles. The van der Waals surface area contributed by atoms with Gasteiger partial charge in [0, 0.05) is 24.5 Å². The van der Waals surface area contributed by atoms with Crippen LogP contribution in [0.1, 0.15) is 54.9 Å². The Balaban J connectivity index is 1.50. The van der Waals surface area contributed by atoms with Crippen molar-refractivity contribution in [1.29, 1.82) is 0 Å². The number of carboxylic acid groups (broad SMARTS) is 1. The summed E-state index contributed by atoms with van der Waals surface area (Å²) in [5.41, 5.74) is 6.18. The van der Waals surface area contributed by atoms with Gasteiger partial charge in [-0.05, 0) is 88.0 Å². The molecule has 2 aromatic carbocycles. The molecule has 6 heteroatoms. The maximum Gasteiger partial charge on any atom is 0.306 e. The largest absolute Gasteiger partial charge is 0.481 e. The highest BCUT2D eigenvalue weighted by Gasteiger charge is 2.36. The minimum Gasteiger partial charge on any atom is -0.481 e. The lowest BCUT2D eigenvalue weighted by molar-refractivity contribution is -0.143. The van der Waals surface area contributed by atoms with Crippen molar-refractivity contribution in [2.24, 2.45) is 5.92 Å². The number of piperidine rings is 1. The highest BCUT2D eigenvalue weighted by molar-refractivity contribution is 6.39. The number of benzene rings is 2. The van der Waals surface area contributed by atoms with Gasteiger partial charge in [0.25, 0.3) is 0 Å². The van der Waals surface area contributed by atoms with Gasteiger partial charge in [0.15, 0.2) is 0 Å². The lowest BCUT2D eigenvalue weighted by Crippen LogP contribution is -2.47. The van der Waals surface area contributed by atoms with Crippen molar-refractivity contribution in [3.63, 3.8) is 0 Å². The summed E-state index contributed by atoms with van der Waals surface area (Å²) in [5, 5.41) is 10.7. The molecule has 0 bridgehead atoms. The molecule has 0 amide bonds. The van der Waals surface area contributed by atoms with Crippen molar-refractivity contribution in [3.8, 4) is 0 Å². The molecule has 0 radical (unpaired) electrons. The predicted molar refractivity (Wildman–Crippen MR) is 132 cm³/mol. The molecule has 0 aromatic heterocycles. The maximum absolute atomic E-state index is 11.3. The van der Waals surface area contributed by atoms with E-state index in [1.54, 1.807) is 0 Å². The van der Waals surface area contributed by atoms with Crippen LogP contribution in [0.4, 0.5) is 5.69 Å². The van der Waals surface area contributed by atoms with Gasteiger partial charge in [0.2, 0.25) is 0 Å². The van der Waals surface area contributed by atoms with Crippen molar-refractivity contribution in [1.82, 2.24) is 4.90 Å². The van der Waals surface area contributed by atoms with Crippen LogP contribution in [0.5, 0.6) is 0 Å². The molecule has 32 heavy (non-hydrogen) atoms. The smallest absolute Gasteiger partial charge is 0.306 e. The quantitative estimate of drug-likeness (QED) is 0.556. The first kappa shape index (κ1) is 23.4. The number of aliphatic carboxylic acids is 1. The van der Waals surface area contributed by atoms with Crippen molar-refractivity contribution in [2.75, 3.05) is 31.1 Å². The third kappa shape index (κ3) is 4.25. The Kier molecular flexibility index (Phi) is 6.50. The number of anilines is 1. The van der Waals surface area contributed by atoms with Gasteiger partial charge in [-0.15, -0.1) is 0 Å². The van der Waals surface area contributed by atoms with E-state index in [1.165, 1.54) is 22.3 Å². The Hall–Kier alpha value is -1.75. The van der Waals surface area contributed by atoms with E-state index in [9.17, 15) is 9.90 Å². The molecule has 172 valence electrons. The van der Waals surface area contributed by atoms with E-state index >= 15 is 0 Å². The zero-order chi connectivity index (χ0) is 23.2. The summed E-state index contributed by atoms with van der Waals surface area (Å²) in [6.07, 6.45) is 1.44. The van der Waals surface area contributed by atoms with Crippen LogP contribution in [0.2, 0.25) is 10.0 Å². The lowest BCUT2D eigenvalue weighted by Gasteiger charge is -2.45. The fourth-order valence-corrected chi connectivity index (χ4v) is 6.11. The van der Waals surface area contributed by atoms with E-state index in [-0.39, 0.29) is 11.5 Å². The van der Waals surface area contributed by atoms with E-state index < -0.39 is 5.97 Å². The van der Waals surface area contributed by atoms with Gasteiger partial charge in [-0.1, -0.05) is 41.4 Å². The SMILES string of the molecule is Cc1cc(C(C)(C)N2CCC(C(=O)O)CC2)cc(C)c1C1CN(c2c(Cl)cccc2Cl)C1. The van der Waals surface area contributed by atoms with Crippen LogP contribution in [-0.4, -0.2) is 42.2 Å². The van der Waals surface area contributed by atoms with Gasteiger partial charge in [-0.25, -0.2) is 0 Å². The highest BCUT2D eigenvalue weighted by Crippen LogP contribution is 2.42. The number of hydrogen-bond donors (Lipinski definition) is 1.